The van der Waals surface area contributed by atoms with E-state index in [-0.39, 0.29) is 5.75 Å². The van der Waals surface area contributed by atoms with Gasteiger partial charge in [0.05, 0.1) is 5.75 Å². The lowest BCUT2D eigenvalue weighted by Gasteiger charge is -2.19. The maximum absolute atomic E-state index is 11.1. The van der Waals surface area contributed by atoms with Crippen molar-refractivity contribution in [2.75, 3.05) is 30.5 Å². The number of anilines is 1. The van der Waals surface area contributed by atoms with E-state index in [4.69, 9.17) is 5.11 Å². The van der Waals surface area contributed by atoms with Gasteiger partial charge in [0.15, 0.2) is 0 Å². The fourth-order valence-electron chi connectivity index (χ4n) is 1.43. The maximum Gasteiger partial charge on any atom is 0.328 e. The van der Waals surface area contributed by atoms with E-state index in [2.05, 4.69) is 4.98 Å². The Hall–Kier alpha value is -1.89. The summed E-state index contributed by atoms with van der Waals surface area (Å²) < 4.78 is 22.3. The lowest BCUT2D eigenvalue weighted by Crippen LogP contribution is -2.26. The molecule has 0 bridgehead atoms. The number of carboxylic acids is 1. The van der Waals surface area contributed by atoms with Crippen molar-refractivity contribution in [1.29, 1.82) is 0 Å². The Kier molecular flexibility index (Phi) is 5.05. The second-order valence-corrected chi connectivity index (χ2v) is 6.40. The van der Waals surface area contributed by atoms with Gasteiger partial charge in [0, 0.05) is 37.7 Å². The van der Waals surface area contributed by atoms with Crippen molar-refractivity contribution in [3.8, 4) is 0 Å². The van der Waals surface area contributed by atoms with Crippen LogP contribution in [0.15, 0.2) is 24.4 Å². The number of hydrogen-bond donors (Lipinski definition) is 1. The normalized spacial score (nSPS) is 11.7. The minimum Gasteiger partial charge on any atom is -0.478 e. The highest BCUT2D eigenvalue weighted by atomic mass is 32.2. The number of aromatic nitrogens is 1. The first-order valence-corrected chi connectivity index (χ1v) is 7.60. The van der Waals surface area contributed by atoms with E-state index in [1.54, 1.807) is 30.3 Å². The summed E-state index contributed by atoms with van der Waals surface area (Å²) in [4.78, 5) is 16.3. The number of rotatable bonds is 6. The van der Waals surface area contributed by atoms with E-state index in [0.29, 0.717) is 17.9 Å². The Bertz CT molecular complexity index is 581. The summed E-state index contributed by atoms with van der Waals surface area (Å²) in [6.07, 6.45) is 5.20. The van der Waals surface area contributed by atoms with Crippen LogP contribution in [0.2, 0.25) is 0 Å². The molecule has 1 aromatic rings. The number of hydrogen-bond acceptors (Lipinski definition) is 5. The standard InChI is InChI=1S/C12H16N2O4S/c1-14(8-9-19(2,17)18)12-10(4-3-7-13-12)5-6-11(15)16/h3-7H,8-9H2,1-2H3,(H,15,16)/b6-5+. The third-order valence-electron chi connectivity index (χ3n) is 2.38. The maximum atomic E-state index is 11.1. The van der Waals surface area contributed by atoms with E-state index in [1.165, 1.54) is 12.3 Å². The molecule has 0 atom stereocenters. The molecule has 0 saturated carbocycles. The van der Waals surface area contributed by atoms with Gasteiger partial charge in [0.1, 0.15) is 15.7 Å². The summed E-state index contributed by atoms with van der Waals surface area (Å²) in [6.45, 7) is 0.295. The highest BCUT2D eigenvalue weighted by Gasteiger charge is 2.10. The van der Waals surface area contributed by atoms with Crippen LogP contribution in [0.3, 0.4) is 0 Å². The first-order chi connectivity index (χ1) is 8.79. The molecule has 1 rings (SSSR count). The number of pyridine rings is 1. The van der Waals surface area contributed by atoms with Gasteiger partial charge in [-0.2, -0.15) is 0 Å². The van der Waals surface area contributed by atoms with Crippen LogP contribution in [0.25, 0.3) is 6.08 Å². The van der Waals surface area contributed by atoms with Crippen molar-refractivity contribution in [3.63, 3.8) is 0 Å². The van der Waals surface area contributed by atoms with Gasteiger partial charge in [-0.25, -0.2) is 18.2 Å². The molecule has 1 N–H and O–H groups in total. The van der Waals surface area contributed by atoms with E-state index in [9.17, 15) is 13.2 Å². The molecule has 0 unspecified atom stereocenters. The number of carboxylic acid groups (broad SMARTS) is 1. The van der Waals surface area contributed by atoms with Gasteiger partial charge in [-0.3, -0.25) is 0 Å². The molecule has 0 aliphatic carbocycles. The predicted octanol–water partition coefficient (Wildman–Crippen LogP) is 0.660. The van der Waals surface area contributed by atoms with Crippen molar-refractivity contribution < 1.29 is 18.3 Å². The third-order valence-corrected chi connectivity index (χ3v) is 3.31. The van der Waals surface area contributed by atoms with Gasteiger partial charge in [0.25, 0.3) is 0 Å². The molecule has 7 heteroatoms. The van der Waals surface area contributed by atoms with Crippen LogP contribution >= 0.6 is 0 Å². The Morgan fingerprint density at radius 2 is 2.21 bits per heavy atom. The van der Waals surface area contributed by atoms with Crippen molar-refractivity contribution in [1.82, 2.24) is 4.98 Å². The van der Waals surface area contributed by atoms with E-state index < -0.39 is 15.8 Å². The van der Waals surface area contributed by atoms with Crippen molar-refractivity contribution in [2.24, 2.45) is 0 Å². The molecule has 0 amide bonds. The van der Waals surface area contributed by atoms with Gasteiger partial charge < -0.3 is 10.0 Å². The number of nitrogens with zero attached hydrogens (tertiary/aromatic N) is 2. The number of aliphatic carboxylic acids is 1. The fourth-order valence-corrected chi connectivity index (χ4v) is 2.03. The zero-order valence-electron chi connectivity index (χ0n) is 10.8. The summed E-state index contributed by atoms with van der Waals surface area (Å²) in [5.74, 6) is -0.487. The summed E-state index contributed by atoms with van der Waals surface area (Å²) >= 11 is 0. The third kappa shape index (κ3) is 5.52. The summed E-state index contributed by atoms with van der Waals surface area (Å²) in [5, 5.41) is 8.61. The van der Waals surface area contributed by atoms with E-state index in [1.807, 2.05) is 0 Å². The second-order valence-electron chi connectivity index (χ2n) is 4.14. The molecule has 0 spiro atoms. The SMILES string of the molecule is CN(CCS(C)(=O)=O)c1ncccc1/C=C/C(=O)O. The monoisotopic (exact) mass is 284 g/mol. The highest BCUT2D eigenvalue weighted by molar-refractivity contribution is 7.90. The summed E-state index contributed by atoms with van der Waals surface area (Å²) in [6, 6.07) is 3.41. The van der Waals surface area contributed by atoms with Crippen LogP contribution in [0, 0.1) is 0 Å². The van der Waals surface area contributed by atoms with E-state index >= 15 is 0 Å². The van der Waals surface area contributed by atoms with Gasteiger partial charge >= 0.3 is 5.97 Å². The first-order valence-electron chi connectivity index (χ1n) is 5.54. The lowest BCUT2D eigenvalue weighted by molar-refractivity contribution is -0.131. The fraction of sp³-hybridized carbons (Fsp3) is 0.333. The molecule has 1 aromatic heterocycles. The molecule has 6 nitrogen and oxygen atoms in total. The van der Waals surface area contributed by atoms with Crippen molar-refractivity contribution in [3.05, 3.63) is 30.0 Å². The molecule has 1 heterocycles. The molecular weight excluding hydrogens is 268 g/mol. The highest BCUT2D eigenvalue weighted by Crippen LogP contribution is 2.17. The van der Waals surface area contributed by atoms with Crippen LogP contribution in [0.5, 0.6) is 0 Å². The van der Waals surface area contributed by atoms with Gasteiger partial charge in [-0.1, -0.05) is 0 Å². The quantitative estimate of drug-likeness (QED) is 0.772. The molecule has 0 radical (unpaired) electrons. The Balaban J connectivity index is 2.90. The predicted molar refractivity (Wildman–Crippen MR) is 73.9 cm³/mol. The molecule has 0 saturated heterocycles. The lowest BCUT2D eigenvalue weighted by atomic mass is 10.2. The molecule has 0 aromatic carbocycles. The minimum atomic E-state index is -3.05. The zero-order valence-corrected chi connectivity index (χ0v) is 11.6. The van der Waals surface area contributed by atoms with Crippen LogP contribution < -0.4 is 4.90 Å². The topological polar surface area (TPSA) is 87.6 Å². The van der Waals surface area contributed by atoms with Crippen LogP contribution in [0.1, 0.15) is 5.56 Å². The summed E-state index contributed by atoms with van der Waals surface area (Å²) in [5.41, 5.74) is 0.626. The molecule has 0 aliphatic heterocycles. The minimum absolute atomic E-state index is 0.0160. The molecule has 0 fully saturated rings. The van der Waals surface area contributed by atoms with Crippen LogP contribution in [0.4, 0.5) is 5.82 Å². The molecular formula is C12H16N2O4S. The average Bonchev–Trinajstić information content (AvgIpc) is 2.33. The largest absolute Gasteiger partial charge is 0.478 e. The Morgan fingerprint density at radius 3 is 2.79 bits per heavy atom. The smallest absolute Gasteiger partial charge is 0.328 e. The van der Waals surface area contributed by atoms with E-state index in [0.717, 1.165) is 6.08 Å². The average molecular weight is 284 g/mol. The van der Waals surface area contributed by atoms with Crippen molar-refractivity contribution in [2.45, 2.75) is 0 Å². The number of carbonyl (C=O) groups is 1. The Labute approximate surface area is 112 Å². The molecule has 104 valence electrons. The summed E-state index contributed by atoms with van der Waals surface area (Å²) in [7, 11) is -1.33. The van der Waals surface area contributed by atoms with Crippen LogP contribution in [-0.2, 0) is 14.6 Å². The second kappa shape index (κ2) is 6.33. The van der Waals surface area contributed by atoms with Gasteiger partial charge in [0.2, 0.25) is 0 Å². The molecule has 19 heavy (non-hydrogen) atoms. The zero-order chi connectivity index (χ0) is 14.5. The number of sulfone groups is 1. The first kappa shape index (κ1) is 15.2. The van der Waals surface area contributed by atoms with Gasteiger partial charge in [-0.15, -0.1) is 0 Å². The molecule has 0 aliphatic rings. The Morgan fingerprint density at radius 1 is 1.53 bits per heavy atom. The van der Waals surface area contributed by atoms with Gasteiger partial charge in [-0.05, 0) is 18.2 Å². The van der Waals surface area contributed by atoms with Crippen LogP contribution in [-0.4, -0.2) is 50.1 Å². The van der Waals surface area contributed by atoms with Crippen molar-refractivity contribution >= 4 is 27.7 Å².